The van der Waals surface area contributed by atoms with E-state index in [-0.39, 0.29) is 17.3 Å². The van der Waals surface area contributed by atoms with Crippen LogP contribution in [0.25, 0.3) is 21.1 Å². The summed E-state index contributed by atoms with van der Waals surface area (Å²) >= 11 is 14.9. The summed E-state index contributed by atoms with van der Waals surface area (Å²) in [5.74, 6) is -0.401. The molecule has 2 aromatic heterocycles. The van der Waals surface area contributed by atoms with Crippen molar-refractivity contribution in [1.29, 1.82) is 0 Å². The number of nitrogens with zero attached hydrogens (tertiary/aromatic N) is 2. The van der Waals surface area contributed by atoms with Crippen molar-refractivity contribution in [3.63, 3.8) is 0 Å². The lowest BCUT2D eigenvalue weighted by Gasteiger charge is -2.00. The van der Waals surface area contributed by atoms with Crippen LogP contribution in [0.5, 0.6) is 0 Å². The molecular formula is C23H17Cl2FN2O4S2. The van der Waals surface area contributed by atoms with Gasteiger partial charge in [0.1, 0.15) is 15.8 Å². The van der Waals surface area contributed by atoms with E-state index in [1.54, 1.807) is 29.7 Å². The summed E-state index contributed by atoms with van der Waals surface area (Å²) in [4.78, 5) is 41.1. The van der Waals surface area contributed by atoms with Gasteiger partial charge in [0.2, 0.25) is 0 Å². The van der Waals surface area contributed by atoms with E-state index in [4.69, 9.17) is 42.4 Å². The monoisotopic (exact) mass is 538 g/mol. The van der Waals surface area contributed by atoms with E-state index < -0.39 is 5.82 Å². The number of aromatic nitrogens is 2. The fourth-order valence-corrected chi connectivity index (χ4v) is 4.22. The molecule has 4 aromatic rings. The quantitative estimate of drug-likeness (QED) is 0.285. The molecule has 0 radical (unpaired) electrons. The maximum absolute atomic E-state index is 12.8. The highest BCUT2D eigenvalue weighted by molar-refractivity contribution is 7.13. The lowest BCUT2D eigenvalue weighted by molar-refractivity contribution is -0.193. The summed E-state index contributed by atoms with van der Waals surface area (Å²) in [6.07, 6.45) is 3.19. The first kappa shape index (κ1) is 29.0. The van der Waals surface area contributed by atoms with Crippen LogP contribution in [0.1, 0.15) is 18.2 Å². The van der Waals surface area contributed by atoms with Gasteiger partial charge in [-0.1, -0.05) is 42.3 Å². The molecule has 176 valence electrons. The molecule has 0 saturated heterocycles. The smallest absolute Gasteiger partial charge is 0.245 e. The third kappa shape index (κ3) is 9.45. The Morgan fingerprint density at radius 1 is 0.912 bits per heavy atom. The van der Waals surface area contributed by atoms with Gasteiger partial charge in [0.15, 0.2) is 0 Å². The van der Waals surface area contributed by atoms with E-state index in [2.05, 4.69) is 28.3 Å². The van der Waals surface area contributed by atoms with Crippen molar-refractivity contribution < 1.29 is 23.6 Å². The van der Waals surface area contributed by atoms with Gasteiger partial charge in [-0.15, -0.1) is 22.7 Å². The summed E-state index contributed by atoms with van der Waals surface area (Å²) in [7, 11) is 0. The lowest BCUT2D eigenvalue weighted by atomic mass is 10.1. The number of rotatable bonds is 3. The second-order valence-corrected chi connectivity index (χ2v) is 8.66. The molecule has 2 aromatic carbocycles. The molecule has 34 heavy (non-hydrogen) atoms. The summed E-state index contributed by atoms with van der Waals surface area (Å²) in [6.45, 7) is 4.12. The Bertz CT molecular complexity index is 1240. The Labute approximate surface area is 213 Å². The molecule has 0 saturated carbocycles. The fourth-order valence-electron chi connectivity index (χ4n) is 2.32. The number of benzene rings is 2. The van der Waals surface area contributed by atoms with Crippen molar-refractivity contribution in [3.05, 3.63) is 80.5 Å². The average molecular weight is 539 g/mol. The number of hydrogen-bond donors (Lipinski definition) is 0. The SMILES string of the molecule is CCc1csc(-c2ccc(C)c(Cl)c2)n1.Fc1ccc(-c2nccs2)cc1Cl.O=C=O.O=C=O. The van der Waals surface area contributed by atoms with Gasteiger partial charge in [0, 0.05) is 33.1 Å². The summed E-state index contributed by atoms with van der Waals surface area (Å²) in [6, 6.07) is 10.7. The summed E-state index contributed by atoms with van der Waals surface area (Å²) < 4.78 is 12.8. The highest BCUT2D eigenvalue weighted by Crippen LogP contribution is 2.28. The normalized spacial score (nSPS) is 9.09. The molecule has 0 aliphatic carbocycles. The number of hydrogen-bond acceptors (Lipinski definition) is 8. The Morgan fingerprint density at radius 3 is 2.00 bits per heavy atom. The van der Waals surface area contributed by atoms with Crippen LogP contribution in [0.2, 0.25) is 10.0 Å². The first-order chi connectivity index (χ1) is 16.3. The van der Waals surface area contributed by atoms with Gasteiger partial charge in [-0.05, 0) is 43.2 Å². The van der Waals surface area contributed by atoms with Gasteiger partial charge in [-0.2, -0.15) is 19.2 Å². The van der Waals surface area contributed by atoms with Crippen LogP contribution >= 0.6 is 45.9 Å². The fraction of sp³-hybridized carbons (Fsp3) is 0.130. The molecule has 11 heteroatoms. The summed E-state index contributed by atoms with van der Waals surface area (Å²) in [5, 5.41) is 6.81. The minimum absolute atomic E-state index is 0.132. The molecule has 0 fully saturated rings. The highest BCUT2D eigenvalue weighted by Gasteiger charge is 2.05. The predicted molar refractivity (Wildman–Crippen MR) is 129 cm³/mol. The molecule has 0 spiro atoms. The van der Waals surface area contributed by atoms with E-state index in [9.17, 15) is 4.39 Å². The minimum atomic E-state index is -0.401. The Balaban J connectivity index is 0.000000278. The lowest BCUT2D eigenvalue weighted by Crippen LogP contribution is -1.82. The van der Waals surface area contributed by atoms with Crippen LogP contribution in [-0.2, 0) is 25.6 Å². The van der Waals surface area contributed by atoms with Gasteiger partial charge < -0.3 is 0 Å². The zero-order chi connectivity index (χ0) is 25.5. The molecule has 2 heterocycles. The molecule has 0 aliphatic heterocycles. The van der Waals surface area contributed by atoms with Crippen molar-refractivity contribution in [2.75, 3.05) is 0 Å². The van der Waals surface area contributed by atoms with Gasteiger partial charge in [0.05, 0.1) is 10.7 Å². The Kier molecular flexibility index (Phi) is 13.4. The van der Waals surface area contributed by atoms with E-state index in [1.165, 1.54) is 17.4 Å². The molecule has 0 atom stereocenters. The van der Waals surface area contributed by atoms with Crippen molar-refractivity contribution >= 4 is 58.2 Å². The maximum Gasteiger partial charge on any atom is 0.373 e. The van der Waals surface area contributed by atoms with Crippen molar-refractivity contribution in [2.45, 2.75) is 20.3 Å². The van der Waals surface area contributed by atoms with Crippen molar-refractivity contribution in [2.24, 2.45) is 0 Å². The standard InChI is InChI=1S/C12H12ClNS.C9H5ClFNS.2CO2/c1-3-10-7-15-12(14-10)9-5-4-8(2)11(13)6-9;10-7-5-6(1-2-8(7)11)9-12-3-4-13-9;2*2-1-3/h4-7H,3H2,1-2H3;1-5H;;. The number of thiazole rings is 2. The number of aryl methyl sites for hydroxylation is 2. The Hall–Kier alpha value is -3.03. The van der Waals surface area contributed by atoms with Crippen LogP contribution in [0, 0.1) is 12.7 Å². The van der Waals surface area contributed by atoms with E-state index in [0.717, 1.165) is 43.8 Å². The van der Waals surface area contributed by atoms with Crippen LogP contribution in [0.3, 0.4) is 0 Å². The second-order valence-electron chi connectivity index (χ2n) is 6.09. The molecule has 0 bridgehead atoms. The average Bonchev–Trinajstić information content (AvgIpc) is 3.51. The van der Waals surface area contributed by atoms with Gasteiger partial charge in [-0.3, -0.25) is 0 Å². The van der Waals surface area contributed by atoms with Crippen LogP contribution in [0.4, 0.5) is 4.39 Å². The molecule has 0 N–H and O–H groups in total. The minimum Gasteiger partial charge on any atom is -0.245 e. The summed E-state index contributed by atoms with van der Waals surface area (Å²) in [5.41, 5.74) is 4.20. The van der Waals surface area contributed by atoms with Crippen molar-refractivity contribution in [3.8, 4) is 21.1 Å². The topological polar surface area (TPSA) is 94.1 Å². The molecular weight excluding hydrogens is 522 g/mol. The van der Waals surface area contributed by atoms with Crippen LogP contribution in [-0.4, -0.2) is 22.3 Å². The van der Waals surface area contributed by atoms with Crippen LogP contribution in [0.15, 0.2) is 53.4 Å². The highest BCUT2D eigenvalue weighted by atomic mass is 35.5. The largest absolute Gasteiger partial charge is 0.373 e. The third-order valence-corrected chi connectivity index (χ3v) is 6.39. The van der Waals surface area contributed by atoms with Gasteiger partial charge in [0.25, 0.3) is 0 Å². The predicted octanol–water partition coefficient (Wildman–Crippen LogP) is 6.77. The first-order valence-electron chi connectivity index (χ1n) is 9.35. The zero-order valence-corrected chi connectivity index (χ0v) is 21.0. The van der Waals surface area contributed by atoms with E-state index >= 15 is 0 Å². The molecule has 6 nitrogen and oxygen atoms in total. The van der Waals surface area contributed by atoms with E-state index in [0.29, 0.717) is 0 Å². The maximum atomic E-state index is 12.8. The van der Waals surface area contributed by atoms with Crippen LogP contribution < -0.4 is 0 Å². The van der Waals surface area contributed by atoms with Gasteiger partial charge in [-0.25, -0.2) is 14.4 Å². The molecule has 4 rings (SSSR count). The number of halogens is 3. The number of carbonyl (C=O) groups excluding carboxylic acids is 4. The molecule has 0 unspecified atom stereocenters. The molecule has 0 amide bonds. The molecule has 0 aliphatic rings. The third-order valence-electron chi connectivity index (χ3n) is 3.93. The van der Waals surface area contributed by atoms with Crippen molar-refractivity contribution in [1.82, 2.24) is 9.97 Å². The van der Waals surface area contributed by atoms with E-state index in [1.807, 2.05) is 24.4 Å². The first-order valence-corrected chi connectivity index (χ1v) is 11.9. The zero-order valence-electron chi connectivity index (χ0n) is 17.9. The Morgan fingerprint density at radius 2 is 1.50 bits per heavy atom. The van der Waals surface area contributed by atoms with Gasteiger partial charge >= 0.3 is 12.3 Å². The second kappa shape index (κ2) is 15.7.